The van der Waals surface area contributed by atoms with Gasteiger partial charge in [0.1, 0.15) is 6.54 Å². The van der Waals surface area contributed by atoms with E-state index in [2.05, 4.69) is 5.32 Å². The van der Waals surface area contributed by atoms with Crippen LogP contribution in [-0.2, 0) is 9.59 Å². The standard InChI is InChI=1S/C15H19F3N4O3/c1-10-3-5-11(6-4-10)20-12(23)7-22(2)8-13(24)21-14(25)19-9-15(16,17)18/h3-6H,7-9H2,1-2H3,(H,20,23)(H2,19,21,24,25)/p+1. The van der Waals surface area contributed by atoms with Crippen LogP contribution in [0, 0.1) is 6.92 Å². The van der Waals surface area contributed by atoms with Crippen molar-refractivity contribution >= 4 is 23.5 Å². The van der Waals surface area contributed by atoms with Gasteiger partial charge in [-0.1, -0.05) is 17.7 Å². The van der Waals surface area contributed by atoms with Gasteiger partial charge in [-0.05, 0) is 19.1 Å². The minimum Gasteiger partial charge on any atom is -0.329 e. The predicted molar refractivity (Wildman–Crippen MR) is 84.0 cm³/mol. The summed E-state index contributed by atoms with van der Waals surface area (Å²) in [6.45, 7) is 0.0764. The van der Waals surface area contributed by atoms with E-state index in [4.69, 9.17) is 0 Å². The molecular weight excluding hydrogens is 341 g/mol. The summed E-state index contributed by atoms with van der Waals surface area (Å²) in [7, 11) is 1.54. The van der Waals surface area contributed by atoms with Gasteiger partial charge in [-0.2, -0.15) is 13.2 Å². The highest BCUT2D eigenvalue weighted by Crippen LogP contribution is 2.11. The Morgan fingerprint density at radius 2 is 1.60 bits per heavy atom. The summed E-state index contributed by atoms with van der Waals surface area (Å²) in [6.07, 6.45) is -4.56. The highest BCUT2D eigenvalue weighted by molar-refractivity contribution is 5.95. The van der Waals surface area contributed by atoms with Crippen molar-refractivity contribution < 1.29 is 32.5 Å². The lowest BCUT2D eigenvalue weighted by molar-refractivity contribution is -0.862. The van der Waals surface area contributed by atoms with E-state index in [1.807, 2.05) is 19.1 Å². The minimum absolute atomic E-state index is 0.0501. The fraction of sp³-hybridized carbons (Fsp3) is 0.400. The number of aryl methyl sites for hydroxylation is 1. The van der Waals surface area contributed by atoms with Crippen LogP contribution in [0.3, 0.4) is 0 Å². The third-order valence-corrected chi connectivity index (χ3v) is 2.96. The number of hydrogen-bond donors (Lipinski definition) is 4. The minimum atomic E-state index is -4.56. The number of likely N-dealkylation sites (N-methyl/N-ethyl adjacent to an activating group) is 1. The Bertz CT molecular complexity index is 617. The molecule has 4 amide bonds. The molecule has 0 aliphatic heterocycles. The van der Waals surface area contributed by atoms with Gasteiger partial charge >= 0.3 is 12.2 Å². The topological polar surface area (TPSA) is 91.7 Å². The number of carbonyl (C=O) groups is 3. The van der Waals surface area contributed by atoms with E-state index in [9.17, 15) is 27.6 Å². The van der Waals surface area contributed by atoms with Crippen molar-refractivity contribution in [3.63, 3.8) is 0 Å². The van der Waals surface area contributed by atoms with E-state index in [0.717, 1.165) is 5.56 Å². The monoisotopic (exact) mass is 361 g/mol. The van der Waals surface area contributed by atoms with Crippen LogP contribution in [0.1, 0.15) is 5.56 Å². The summed E-state index contributed by atoms with van der Waals surface area (Å²) in [5, 5.41) is 5.95. The molecule has 0 spiro atoms. The molecule has 0 aliphatic rings. The van der Waals surface area contributed by atoms with E-state index < -0.39 is 24.7 Å². The molecule has 1 rings (SSSR count). The molecule has 1 unspecified atom stereocenters. The fourth-order valence-corrected chi connectivity index (χ4v) is 1.85. The third kappa shape index (κ3) is 9.30. The van der Waals surface area contributed by atoms with Crippen molar-refractivity contribution in [3.8, 4) is 0 Å². The second-order valence-corrected chi connectivity index (χ2v) is 5.57. The Balaban J connectivity index is 2.33. The number of nitrogens with one attached hydrogen (secondary N) is 4. The van der Waals surface area contributed by atoms with Crippen LogP contribution in [0.15, 0.2) is 24.3 Å². The molecule has 0 fully saturated rings. The van der Waals surface area contributed by atoms with Crippen LogP contribution < -0.4 is 20.9 Å². The smallest absolute Gasteiger partial charge is 0.329 e. The first-order chi connectivity index (χ1) is 11.5. The molecule has 0 aliphatic carbocycles. The molecule has 0 saturated carbocycles. The summed E-state index contributed by atoms with van der Waals surface area (Å²) >= 11 is 0. The van der Waals surface area contributed by atoms with E-state index in [-0.39, 0.29) is 19.0 Å². The molecule has 1 aromatic rings. The van der Waals surface area contributed by atoms with Crippen LogP contribution in [-0.4, -0.2) is 50.7 Å². The van der Waals surface area contributed by atoms with Crippen LogP contribution in [0.5, 0.6) is 0 Å². The second-order valence-electron chi connectivity index (χ2n) is 5.57. The van der Waals surface area contributed by atoms with E-state index >= 15 is 0 Å². The van der Waals surface area contributed by atoms with Crippen LogP contribution in [0.4, 0.5) is 23.7 Å². The first kappa shape index (κ1) is 20.4. The number of quaternary nitrogens is 1. The summed E-state index contributed by atoms with van der Waals surface area (Å²) in [4.78, 5) is 35.0. The van der Waals surface area contributed by atoms with E-state index in [1.54, 1.807) is 24.5 Å². The fourth-order valence-electron chi connectivity index (χ4n) is 1.85. The molecule has 138 valence electrons. The van der Waals surface area contributed by atoms with Crippen molar-refractivity contribution in [3.05, 3.63) is 29.8 Å². The summed E-state index contributed by atoms with van der Waals surface area (Å²) in [5.74, 6) is -1.13. The molecular formula is C15H20F3N4O3+. The number of halogens is 3. The van der Waals surface area contributed by atoms with Crippen LogP contribution in [0.25, 0.3) is 0 Å². The van der Waals surface area contributed by atoms with Crippen LogP contribution in [0.2, 0.25) is 0 Å². The molecule has 0 saturated heterocycles. The van der Waals surface area contributed by atoms with E-state index in [1.165, 1.54) is 5.32 Å². The zero-order valence-electron chi connectivity index (χ0n) is 13.8. The van der Waals surface area contributed by atoms with Crippen molar-refractivity contribution in [2.45, 2.75) is 13.1 Å². The molecule has 0 bridgehead atoms. The first-order valence-corrected chi connectivity index (χ1v) is 7.37. The largest absolute Gasteiger partial charge is 0.405 e. The molecule has 0 radical (unpaired) electrons. The maximum absolute atomic E-state index is 11.9. The average molecular weight is 361 g/mol. The third-order valence-electron chi connectivity index (χ3n) is 2.96. The Labute approximate surface area is 142 Å². The quantitative estimate of drug-likeness (QED) is 0.567. The lowest BCUT2D eigenvalue weighted by atomic mass is 10.2. The Morgan fingerprint density at radius 1 is 1.04 bits per heavy atom. The van der Waals surface area contributed by atoms with E-state index in [0.29, 0.717) is 10.6 Å². The van der Waals surface area contributed by atoms with Gasteiger partial charge in [0.15, 0.2) is 13.1 Å². The number of hydrogen-bond acceptors (Lipinski definition) is 3. The summed E-state index contributed by atoms with van der Waals surface area (Å²) < 4.78 is 35.8. The highest BCUT2D eigenvalue weighted by atomic mass is 19.4. The molecule has 1 atom stereocenters. The van der Waals surface area contributed by atoms with Gasteiger partial charge in [-0.15, -0.1) is 0 Å². The molecule has 0 aromatic heterocycles. The normalized spacial score (nSPS) is 12.2. The van der Waals surface area contributed by atoms with Crippen molar-refractivity contribution in [1.82, 2.24) is 10.6 Å². The number of imide groups is 1. The van der Waals surface area contributed by atoms with Gasteiger partial charge in [0, 0.05) is 5.69 Å². The summed E-state index contributed by atoms with van der Waals surface area (Å²) in [5.41, 5.74) is 1.65. The number of rotatable bonds is 6. The zero-order valence-corrected chi connectivity index (χ0v) is 13.8. The predicted octanol–water partition coefficient (Wildman–Crippen LogP) is -0.164. The Morgan fingerprint density at radius 3 is 2.16 bits per heavy atom. The zero-order chi connectivity index (χ0) is 19.0. The van der Waals surface area contributed by atoms with Gasteiger partial charge in [0.25, 0.3) is 11.8 Å². The number of anilines is 1. The van der Waals surface area contributed by atoms with Crippen molar-refractivity contribution in [1.29, 1.82) is 0 Å². The van der Waals surface area contributed by atoms with Crippen molar-refractivity contribution in [2.75, 3.05) is 32.0 Å². The average Bonchev–Trinajstić information content (AvgIpc) is 2.46. The number of amides is 4. The first-order valence-electron chi connectivity index (χ1n) is 7.37. The van der Waals surface area contributed by atoms with Gasteiger partial charge in [-0.3, -0.25) is 14.9 Å². The molecule has 25 heavy (non-hydrogen) atoms. The second kappa shape index (κ2) is 9.02. The van der Waals surface area contributed by atoms with Gasteiger partial charge < -0.3 is 15.5 Å². The number of alkyl halides is 3. The van der Waals surface area contributed by atoms with Gasteiger partial charge in [-0.25, -0.2) is 4.79 Å². The Kier molecular flexibility index (Phi) is 7.37. The number of carbonyl (C=O) groups excluding carboxylic acids is 3. The molecule has 0 heterocycles. The SMILES string of the molecule is Cc1ccc(NC(=O)C[NH+](C)CC(=O)NC(=O)NCC(F)(F)F)cc1. The molecule has 4 N–H and O–H groups in total. The lowest BCUT2D eigenvalue weighted by Gasteiger charge is -2.14. The Hall–Kier alpha value is -2.62. The maximum Gasteiger partial charge on any atom is 0.405 e. The molecule has 10 heteroatoms. The van der Waals surface area contributed by atoms with Gasteiger partial charge in [0.05, 0.1) is 7.05 Å². The van der Waals surface area contributed by atoms with Gasteiger partial charge in [0.2, 0.25) is 0 Å². The van der Waals surface area contributed by atoms with Crippen molar-refractivity contribution in [2.24, 2.45) is 0 Å². The molecule has 1 aromatic carbocycles. The lowest BCUT2D eigenvalue weighted by Crippen LogP contribution is -3.11. The molecule has 7 nitrogen and oxygen atoms in total. The number of urea groups is 1. The summed E-state index contributed by atoms with van der Waals surface area (Å²) in [6, 6.07) is 5.90. The number of benzene rings is 1. The van der Waals surface area contributed by atoms with Crippen LogP contribution >= 0.6 is 0 Å². The maximum atomic E-state index is 11.9. The highest BCUT2D eigenvalue weighted by Gasteiger charge is 2.28.